The molecule has 3 aromatic heterocycles. The molecule has 1 aromatic carbocycles. The van der Waals surface area contributed by atoms with Crippen LogP contribution in [0.2, 0.25) is 0 Å². The minimum atomic E-state index is -0.558. The molecule has 0 radical (unpaired) electrons. The number of hydrogen-bond acceptors (Lipinski definition) is 7. The van der Waals surface area contributed by atoms with Gasteiger partial charge in [-0.25, -0.2) is 9.78 Å². The molecule has 1 N–H and O–H groups in total. The highest BCUT2D eigenvalue weighted by molar-refractivity contribution is 7.20. The van der Waals surface area contributed by atoms with Crippen molar-refractivity contribution in [1.29, 1.82) is 0 Å². The van der Waals surface area contributed by atoms with Crippen LogP contribution in [0.3, 0.4) is 0 Å². The maximum absolute atomic E-state index is 13.1. The lowest BCUT2D eigenvalue weighted by Crippen LogP contribution is -2.21. The zero-order valence-corrected chi connectivity index (χ0v) is 17.7. The lowest BCUT2D eigenvalue weighted by Gasteiger charge is -2.04. The van der Waals surface area contributed by atoms with E-state index in [-0.39, 0.29) is 30.4 Å². The molecule has 31 heavy (non-hydrogen) atoms. The van der Waals surface area contributed by atoms with Crippen molar-refractivity contribution in [2.45, 2.75) is 20.4 Å². The monoisotopic (exact) mass is 437 g/mol. The maximum Gasteiger partial charge on any atom is 0.374 e. The van der Waals surface area contributed by atoms with Gasteiger partial charge in [0.05, 0.1) is 29.7 Å². The average molecular weight is 437 g/mol. The molecule has 4 aromatic rings. The van der Waals surface area contributed by atoms with Gasteiger partial charge in [0, 0.05) is 5.69 Å². The van der Waals surface area contributed by atoms with Crippen LogP contribution in [0, 0.1) is 6.92 Å². The molecule has 4 rings (SSSR count). The summed E-state index contributed by atoms with van der Waals surface area (Å²) in [6.45, 7) is 3.78. The number of carbonyl (C=O) groups excluding carboxylic acids is 2. The molecule has 1 amide bonds. The predicted octanol–water partition coefficient (Wildman–Crippen LogP) is 3.84. The lowest BCUT2D eigenvalue weighted by molar-refractivity contribution is 0.0487. The van der Waals surface area contributed by atoms with Crippen LogP contribution in [0.4, 0.5) is 5.69 Å². The van der Waals surface area contributed by atoms with Crippen molar-refractivity contribution >= 4 is 39.1 Å². The van der Waals surface area contributed by atoms with Gasteiger partial charge in [-0.3, -0.25) is 14.2 Å². The van der Waals surface area contributed by atoms with Crippen molar-refractivity contribution in [2.24, 2.45) is 0 Å². The molecule has 0 fully saturated rings. The van der Waals surface area contributed by atoms with Crippen molar-refractivity contribution < 1.29 is 18.7 Å². The highest BCUT2D eigenvalue weighted by Gasteiger charge is 2.20. The summed E-state index contributed by atoms with van der Waals surface area (Å²) in [6.07, 6.45) is 1.41. The quantitative estimate of drug-likeness (QED) is 0.460. The normalized spacial score (nSPS) is 10.9. The Morgan fingerprint density at radius 3 is 2.71 bits per heavy atom. The van der Waals surface area contributed by atoms with E-state index in [1.165, 1.54) is 28.3 Å². The van der Waals surface area contributed by atoms with Crippen LogP contribution in [0.5, 0.6) is 0 Å². The third kappa shape index (κ3) is 4.13. The summed E-state index contributed by atoms with van der Waals surface area (Å²) in [6, 6.07) is 12.2. The number of aromatic nitrogens is 2. The Hall–Kier alpha value is -3.72. The minimum Gasteiger partial charge on any atom is -0.460 e. The van der Waals surface area contributed by atoms with Crippen molar-refractivity contribution in [2.75, 3.05) is 11.9 Å². The molecule has 3 heterocycles. The molecule has 0 aliphatic carbocycles. The number of rotatable bonds is 6. The summed E-state index contributed by atoms with van der Waals surface area (Å²) in [5.74, 6) is -0.355. The van der Waals surface area contributed by atoms with E-state index in [0.29, 0.717) is 32.1 Å². The fourth-order valence-electron chi connectivity index (χ4n) is 3.14. The average Bonchev–Trinajstić information content (AvgIpc) is 3.36. The number of esters is 1. The summed E-state index contributed by atoms with van der Waals surface area (Å²) in [4.78, 5) is 42.8. The van der Waals surface area contributed by atoms with E-state index in [2.05, 4.69) is 10.3 Å². The Bertz CT molecular complexity index is 1320. The molecule has 0 aliphatic heterocycles. The molecule has 0 spiro atoms. The van der Waals surface area contributed by atoms with E-state index in [1.54, 1.807) is 32.0 Å². The molecular formula is C22H19N3O5S. The van der Waals surface area contributed by atoms with Gasteiger partial charge in [0.15, 0.2) is 0 Å². The molecule has 0 bridgehead atoms. The number of para-hydroxylation sites is 1. The molecule has 0 unspecified atom stereocenters. The highest BCUT2D eigenvalue weighted by atomic mass is 32.1. The van der Waals surface area contributed by atoms with Crippen molar-refractivity contribution in [1.82, 2.24) is 9.55 Å². The maximum atomic E-state index is 13.1. The molecule has 0 saturated carbocycles. The first-order chi connectivity index (χ1) is 15.0. The summed E-state index contributed by atoms with van der Waals surface area (Å²) in [5.41, 5.74) is 0.962. The fourth-order valence-corrected chi connectivity index (χ4v) is 4.18. The Kier molecular flexibility index (Phi) is 5.68. The molecule has 0 atom stereocenters. The molecule has 8 nitrogen and oxygen atoms in total. The lowest BCUT2D eigenvalue weighted by atomic mass is 10.2. The molecule has 9 heteroatoms. The fraction of sp³-hybridized carbons (Fsp3) is 0.182. The molecule has 158 valence electrons. The van der Waals surface area contributed by atoms with Crippen molar-refractivity contribution in [3.63, 3.8) is 0 Å². The Balaban J connectivity index is 1.62. The van der Waals surface area contributed by atoms with Gasteiger partial charge in [0.2, 0.25) is 5.76 Å². The second-order valence-corrected chi connectivity index (χ2v) is 7.72. The van der Waals surface area contributed by atoms with Crippen LogP contribution in [0.15, 0.2) is 58.0 Å². The Morgan fingerprint density at radius 2 is 1.97 bits per heavy atom. The van der Waals surface area contributed by atoms with Gasteiger partial charge in [-0.2, -0.15) is 0 Å². The van der Waals surface area contributed by atoms with Crippen molar-refractivity contribution in [3.8, 4) is 0 Å². The number of nitrogens with one attached hydrogen (secondary N) is 1. The molecule has 0 saturated heterocycles. The number of benzene rings is 1. The SMILES string of the molecule is CCOC(=O)c1ccc(Cn2cnc3sc(C(=O)Nc4ccccc4)c(C)c3c2=O)o1. The smallest absolute Gasteiger partial charge is 0.374 e. The van der Waals surface area contributed by atoms with Gasteiger partial charge in [-0.05, 0) is 43.7 Å². The first-order valence-corrected chi connectivity index (χ1v) is 10.4. The largest absolute Gasteiger partial charge is 0.460 e. The van der Waals surface area contributed by atoms with Crippen LogP contribution >= 0.6 is 11.3 Å². The summed E-state index contributed by atoms with van der Waals surface area (Å²) >= 11 is 1.17. The van der Waals surface area contributed by atoms with Gasteiger partial charge in [0.25, 0.3) is 11.5 Å². The third-order valence-electron chi connectivity index (χ3n) is 4.62. The number of amides is 1. The second-order valence-electron chi connectivity index (χ2n) is 6.72. The molecule has 0 aliphatic rings. The minimum absolute atomic E-state index is 0.0746. The summed E-state index contributed by atoms with van der Waals surface area (Å²) in [5, 5.41) is 3.23. The van der Waals surface area contributed by atoms with E-state index < -0.39 is 5.97 Å². The summed E-state index contributed by atoms with van der Waals surface area (Å²) in [7, 11) is 0. The van der Waals surface area contributed by atoms with Gasteiger partial charge in [0.1, 0.15) is 10.6 Å². The number of nitrogens with zero attached hydrogens (tertiary/aromatic N) is 2. The number of thiophene rings is 1. The van der Waals surface area contributed by atoms with Crippen molar-refractivity contribution in [3.05, 3.63) is 81.1 Å². The molecular weight excluding hydrogens is 418 g/mol. The van der Waals surface area contributed by atoms with E-state index in [9.17, 15) is 14.4 Å². The Labute approximate surface area is 181 Å². The zero-order chi connectivity index (χ0) is 22.0. The highest BCUT2D eigenvalue weighted by Crippen LogP contribution is 2.27. The summed E-state index contributed by atoms with van der Waals surface area (Å²) < 4.78 is 11.8. The number of carbonyl (C=O) groups is 2. The van der Waals surface area contributed by atoms with Crippen LogP contribution in [-0.4, -0.2) is 28.0 Å². The number of anilines is 1. The number of ether oxygens (including phenoxy) is 1. The van der Waals surface area contributed by atoms with Gasteiger partial charge >= 0.3 is 5.97 Å². The van der Waals surface area contributed by atoms with E-state index >= 15 is 0 Å². The first kappa shape index (κ1) is 20.5. The second kappa shape index (κ2) is 8.57. The van der Waals surface area contributed by atoms with Gasteiger partial charge < -0.3 is 14.5 Å². The van der Waals surface area contributed by atoms with E-state index in [1.807, 2.05) is 18.2 Å². The van der Waals surface area contributed by atoms with E-state index in [0.717, 1.165) is 0 Å². The van der Waals surface area contributed by atoms with Crippen LogP contribution < -0.4 is 10.9 Å². The topological polar surface area (TPSA) is 103 Å². The van der Waals surface area contributed by atoms with Gasteiger partial charge in [-0.15, -0.1) is 11.3 Å². The first-order valence-electron chi connectivity index (χ1n) is 9.58. The Morgan fingerprint density at radius 1 is 1.19 bits per heavy atom. The van der Waals surface area contributed by atoms with Crippen LogP contribution in [-0.2, 0) is 11.3 Å². The third-order valence-corrected chi connectivity index (χ3v) is 5.82. The number of aryl methyl sites for hydroxylation is 1. The van der Waals surface area contributed by atoms with E-state index in [4.69, 9.17) is 9.15 Å². The standard InChI is InChI=1S/C22H19N3O5S/c1-3-29-22(28)16-10-9-15(30-16)11-25-12-23-20-17(21(25)27)13(2)18(31-20)19(26)24-14-7-5-4-6-8-14/h4-10,12H,3,11H2,1-2H3,(H,24,26). The number of fused-ring (bicyclic) bond motifs is 1. The number of hydrogen-bond donors (Lipinski definition) is 1. The van der Waals surface area contributed by atoms with Gasteiger partial charge in [-0.1, -0.05) is 18.2 Å². The van der Waals surface area contributed by atoms with Crippen LogP contribution in [0.1, 0.15) is 38.5 Å². The number of furan rings is 1. The van der Waals surface area contributed by atoms with Crippen LogP contribution in [0.25, 0.3) is 10.2 Å². The zero-order valence-electron chi connectivity index (χ0n) is 16.9. The predicted molar refractivity (Wildman–Crippen MR) is 117 cm³/mol.